The van der Waals surface area contributed by atoms with Gasteiger partial charge < -0.3 is 4.98 Å². The maximum Gasteiger partial charge on any atom is 0.254 e. The molecule has 0 aliphatic heterocycles. The molecule has 1 N–H and O–H groups in total. The van der Waals surface area contributed by atoms with E-state index < -0.39 is 11.6 Å². The first-order chi connectivity index (χ1) is 7.58. The number of benzene rings is 1. The summed E-state index contributed by atoms with van der Waals surface area (Å²) in [5, 5.41) is 0. The van der Waals surface area contributed by atoms with E-state index in [-0.39, 0.29) is 11.4 Å². The lowest BCUT2D eigenvalue weighted by Crippen LogP contribution is -2.11. The van der Waals surface area contributed by atoms with Crippen molar-refractivity contribution < 1.29 is 8.78 Å². The van der Waals surface area contributed by atoms with E-state index in [9.17, 15) is 13.6 Å². The number of hydrogen-bond donors (Lipinski definition) is 1. The highest BCUT2D eigenvalue weighted by molar-refractivity contribution is 5.54. The molecule has 0 amide bonds. The van der Waals surface area contributed by atoms with Crippen molar-refractivity contribution >= 4 is 0 Å². The zero-order chi connectivity index (χ0) is 11.7. The predicted molar refractivity (Wildman–Crippen MR) is 54.9 cm³/mol. The molecule has 0 bridgehead atoms. The van der Waals surface area contributed by atoms with E-state index >= 15 is 0 Å². The van der Waals surface area contributed by atoms with Gasteiger partial charge in [-0.3, -0.25) is 4.79 Å². The fourth-order valence-corrected chi connectivity index (χ4v) is 1.25. The van der Waals surface area contributed by atoms with Gasteiger partial charge in [-0.05, 0) is 25.1 Å². The number of aryl methyl sites for hydroxylation is 1. The zero-order valence-electron chi connectivity index (χ0n) is 8.42. The van der Waals surface area contributed by atoms with Crippen molar-refractivity contribution in [2.45, 2.75) is 6.92 Å². The van der Waals surface area contributed by atoms with Gasteiger partial charge >= 0.3 is 0 Å². The van der Waals surface area contributed by atoms with Gasteiger partial charge in [0, 0.05) is 17.3 Å². The Bertz CT molecular complexity index is 593. The molecule has 2 aromatic rings. The Balaban J connectivity index is 2.55. The van der Waals surface area contributed by atoms with Gasteiger partial charge in [-0.2, -0.15) is 0 Å². The van der Waals surface area contributed by atoms with Gasteiger partial charge in [0.1, 0.15) is 5.82 Å². The van der Waals surface area contributed by atoms with Crippen LogP contribution in [-0.2, 0) is 0 Å². The Hall–Kier alpha value is -2.04. The van der Waals surface area contributed by atoms with Gasteiger partial charge in [-0.1, -0.05) is 0 Å². The van der Waals surface area contributed by atoms with Gasteiger partial charge in [-0.25, -0.2) is 13.8 Å². The summed E-state index contributed by atoms with van der Waals surface area (Å²) in [7, 11) is 0. The third kappa shape index (κ3) is 1.84. The second-order valence-corrected chi connectivity index (χ2v) is 3.37. The third-order valence-electron chi connectivity index (χ3n) is 2.17. The lowest BCUT2D eigenvalue weighted by atomic mass is 10.2. The summed E-state index contributed by atoms with van der Waals surface area (Å²) in [5.74, 6) is -1.69. The standard InChI is InChI=1S/C11H8F2N2O/c1-6-5-14-10(15-11(6)16)7-2-3-8(12)9(13)4-7/h2-5H,1H3,(H,14,15,16). The van der Waals surface area contributed by atoms with Crippen molar-refractivity contribution in [2.75, 3.05) is 0 Å². The average Bonchev–Trinajstić information content (AvgIpc) is 2.26. The fraction of sp³-hybridized carbons (Fsp3) is 0.0909. The third-order valence-corrected chi connectivity index (χ3v) is 2.17. The summed E-state index contributed by atoms with van der Waals surface area (Å²) in [5.41, 5.74) is 0.497. The van der Waals surface area contributed by atoms with E-state index in [0.29, 0.717) is 11.1 Å². The first-order valence-corrected chi connectivity index (χ1v) is 4.59. The van der Waals surface area contributed by atoms with Crippen molar-refractivity contribution in [1.82, 2.24) is 9.97 Å². The molecule has 0 fully saturated rings. The minimum Gasteiger partial charge on any atom is -0.306 e. The quantitative estimate of drug-likeness (QED) is 0.802. The van der Waals surface area contributed by atoms with Crippen LogP contribution in [0.5, 0.6) is 0 Å². The van der Waals surface area contributed by atoms with Crippen LogP contribution in [0.4, 0.5) is 8.78 Å². The number of rotatable bonds is 1. The van der Waals surface area contributed by atoms with Crippen molar-refractivity contribution in [2.24, 2.45) is 0 Å². The second kappa shape index (κ2) is 3.84. The second-order valence-electron chi connectivity index (χ2n) is 3.37. The Morgan fingerprint density at radius 3 is 2.62 bits per heavy atom. The molecule has 1 aromatic carbocycles. The molecule has 0 atom stereocenters. The zero-order valence-corrected chi connectivity index (χ0v) is 8.42. The molecule has 0 spiro atoms. The lowest BCUT2D eigenvalue weighted by molar-refractivity contribution is 0.509. The Morgan fingerprint density at radius 1 is 1.25 bits per heavy atom. The molecule has 1 aromatic heterocycles. The molecular weight excluding hydrogens is 214 g/mol. The molecule has 0 aliphatic rings. The summed E-state index contributed by atoms with van der Waals surface area (Å²) in [6, 6.07) is 3.33. The van der Waals surface area contributed by atoms with Crippen molar-refractivity contribution in [1.29, 1.82) is 0 Å². The number of H-pyrrole nitrogens is 1. The first kappa shape index (κ1) is 10.5. The van der Waals surface area contributed by atoms with E-state index in [1.807, 2.05) is 0 Å². The Morgan fingerprint density at radius 2 is 2.00 bits per heavy atom. The highest BCUT2D eigenvalue weighted by atomic mass is 19.2. The molecule has 82 valence electrons. The van der Waals surface area contributed by atoms with Gasteiger partial charge in [0.05, 0.1) is 0 Å². The molecule has 0 aliphatic carbocycles. The Labute approximate surface area is 89.8 Å². The fourth-order valence-electron chi connectivity index (χ4n) is 1.25. The maximum absolute atomic E-state index is 12.9. The summed E-state index contributed by atoms with van der Waals surface area (Å²) in [4.78, 5) is 17.7. The van der Waals surface area contributed by atoms with Crippen LogP contribution in [0.1, 0.15) is 5.56 Å². The van der Waals surface area contributed by atoms with Crippen molar-refractivity contribution in [3.8, 4) is 11.4 Å². The normalized spacial score (nSPS) is 10.4. The summed E-state index contributed by atoms with van der Waals surface area (Å²) < 4.78 is 25.6. The smallest absolute Gasteiger partial charge is 0.254 e. The minimum atomic E-state index is -0.972. The molecular formula is C11H8F2N2O. The Kier molecular flexibility index (Phi) is 2.52. The molecule has 1 heterocycles. The van der Waals surface area contributed by atoms with Crippen molar-refractivity contribution in [3.05, 3.63) is 51.9 Å². The van der Waals surface area contributed by atoms with E-state index in [4.69, 9.17) is 0 Å². The monoisotopic (exact) mass is 222 g/mol. The summed E-state index contributed by atoms with van der Waals surface area (Å²) in [6.45, 7) is 1.61. The van der Waals surface area contributed by atoms with E-state index in [0.717, 1.165) is 12.1 Å². The van der Waals surface area contributed by atoms with Gasteiger partial charge in [0.2, 0.25) is 0 Å². The predicted octanol–water partition coefficient (Wildman–Crippen LogP) is 2.02. The SMILES string of the molecule is Cc1cnc(-c2ccc(F)c(F)c2)[nH]c1=O. The van der Waals surface area contributed by atoms with Crippen LogP contribution in [-0.4, -0.2) is 9.97 Å². The molecule has 0 radical (unpaired) electrons. The molecule has 5 heteroatoms. The number of halogens is 2. The molecule has 16 heavy (non-hydrogen) atoms. The van der Waals surface area contributed by atoms with Gasteiger partial charge in [0.25, 0.3) is 5.56 Å². The highest BCUT2D eigenvalue weighted by Crippen LogP contribution is 2.16. The van der Waals surface area contributed by atoms with Crippen LogP contribution in [0.15, 0.2) is 29.2 Å². The number of nitrogens with one attached hydrogen (secondary N) is 1. The largest absolute Gasteiger partial charge is 0.306 e. The molecule has 0 saturated heterocycles. The topological polar surface area (TPSA) is 45.8 Å². The van der Waals surface area contributed by atoms with Crippen LogP contribution < -0.4 is 5.56 Å². The van der Waals surface area contributed by atoms with Crippen LogP contribution in [0.25, 0.3) is 11.4 Å². The molecule has 3 nitrogen and oxygen atoms in total. The van der Waals surface area contributed by atoms with E-state index in [1.54, 1.807) is 6.92 Å². The molecule has 2 rings (SSSR count). The summed E-state index contributed by atoms with van der Waals surface area (Å²) in [6.07, 6.45) is 1.38. The number of aromatic amines is 1. The number of aromatic nitrogens is 2. The average molecular weight is 222 g/mol. The summed E-state index contributed by atoms with van der Waals surface area (Å²) >= 11 is 0. The molecule has 0 unspecified atom stereocenters. The van der Waals surface area contributed by atoms with Crippen molar-refractivity contribution in [3.63, 3.8) is 0 Å². The lowest BCUT2D eigenvalue weighted by Gasteiger charge is -2.01. The van der Waals surface area contributed by atoms with E-state index in [2.05, 4.69) is 9.97 Å². The number of nitrogens with zero attached hydrogens (tertiary/aromatic N) is 1. The first-order valence-electron chi connectivity index (χ1n) is 4.59. The minimum absolute atomic E-state index is 0.217. The van der Waals surface area contributed by atoms with Crippen LogP contribution in [0.2, 0.25) is 0 Å². The maximum atomic E-state index is 12.9. The molecule has 0 saturated carbocycles. The van der Waals surface area contributed by atoms with Crippen LogP contribution >= 0.6 is 0 Å². The van der Waals surface area contributed by atoms with Gasteiger partial charge in [-0.15, -0.1) is 0 Å². The van der Waals surface area contributed by atoms with E-state index in [1.165, 1.54) is 12.3 Å². The van der Waals surface area contributed by atoms with Crippen LogP contribution in [0.3, 0.4) is 0 Å². The number of hydrogen-bond acceptors (Lipinski definition) is 2. The van der Waals surface area contributed by atoms with Gasteiger partial charge in [0.15, 0.2) is 11.6 Å². The van der Waals surface area contributed by atoms with Crippen LogP contribution in [0, 0.1) is 18.6 Å². The highest BCUT2D eigenvalue weighted by Gasteiger charge is 2.06.